The number of allylic oxidation sites excluding steroid dienone is 4. The maximum absolute atomic E-state index is 3.47. The van der Waals surface area contributed by atoms with Gasteiger partial charge < -0.3 is 37.2 Å². The molecule has 0 aliphatic heterocycles. The Morgan fingerprint density at radius 1 is 0.621 bits per heavy atom. The minimum absolute atomic E-state index is 0. The molecule has 0 unspecified atom stereocenters. The second-order valence-electron chi connectivity index (χ2n) is 6.50. The van der Waals surface area contributed by atoms with E-state index in [0.29, 0.717) is 0 Å². The molecule has 0 atom stereocenters. The van der Waals surface area contributed by atoms with Crippen LogP contribution in [0.15, 0.2) is 108 Å². The van der Waals surface area contributed by atoms with Gasteiger partial charge in [-0.2, -0.15) is 6.08 Å². The maximum Gasteiger partial charge on any atom is 4.00 e. The van der Waals surface area contributed by atoms with Crippen molar-refractivity contribution in [1.29, 1.82) is 0 Å². The van der Waals surface area contributed by atoms with Crippen LogP contribution in [0.3, 0.4) is 0 Å². The molecule has 3 aromatic carbocycles. The predicted molar refractivity (Wildman–Crippen MR) is 109 cm³/mol. The van der Waals surface area contributed by atoms with Crippen LogP contribution < -0.4 is 52.8 Å². The van der Waals surface area contributed by atoms with E-state index in [-0.39, 0.29) is 58.9 Å². The summed E-state index contributed by atoms with van der Waals surface area (Å²) in [5.74, 6) is 0. The zero-order valence-electron chi connectivity index (χ0n) is 16.1. The molecule has 1 aliphatic rings. The minimum Gasteiger partial charge on any atom is -1.00 e. The van der Waals surface area contributed by atoms with Gasteiger partial charge in [0, 0.05) is 0 Å². The van der Waals surface area contributed by atoms with Gasteiger partial charge in [0.25, 0.3) is 0 Å². The van der Waals surface area contributed by atoms with Crippen LogP contribution in [0.4, 0.5) is 0 Å². The molecule has 0 saturated carbocycles. The number of halogens is 3. The average Bonchev–Trinajstić information content (AvgIpc) is 3.12. The van der Waals surface area contributed by atoms with Gasteiger partial charge in [-0.25, -0.2) is 10.8 Å². The molecule has 3 aromatic rings. The number of hydrogen-bond acceptors (Lipinski definition) is 0. The summed E-state index contributed by atoms with van der Waals surface area (Å²) in [4.78, 5) is 0. The second kappa shape index (κ2) is 12.6. The fourth-order valence-electron chi connectivity index (χ4n) is 4.07. The molecule has 0 aromatic heterocycles. The van der Waals surface area contributed by atoms with Crippen molar-refractivity contribution >= 4 is 23.6 Å². The molecule has 0 bridgehead atoms. The molecule has 146 valence electrons. The van der Waals surface area contributed by atoms with Gasteiger partial charge in [-0.1, -0.05) is 120 Å². The SMILES string of the molecule is CC1=C([Si](c2ccccc2)(c2ccccc2)c2ccccc2)CC=[C-]1.[Cl-].[Cl-].[Cl-].[Ti+4]. The Morgan fingerprint density at radius 2 is 0.966 bits per heavy atom. The Kier molecular flexibility index (Phi) is 12.1. The van der Waals surface area contributed by atoms with Crippen LogP contribution >= 0.6 is 0 Å². The van der Waals surface area contributed by atoms with E-state index in [1.54, 1.807) is 5.20 Å². The van der Waals surface area contributed by atoms with Crippen molar-refractivity contribution in [1.82, 2.24) is 0 Å². The van der Waals surface area contributed by atoms with Crippen LogP contribution in [0, 0.1) is 6.08 Å². The van der Waals surface area contributed by atoms with Crippen molar-refractivity contribution in [2.24, 2.45) is 0 Å². The summed E-state index contributed by atoms with van der Waals surface area (Å²) in [5.41, 5.74) is 1.31. The van der Waals surface area contributed by atoms with E-state index in [0.717, 1.165) is 6.42 Å². The summed E-state index contributed by atoms with van der Waals surface area (Å²) in [6.07, 6.45) is 6.67. The number of hydrogen-bond donors (Lipinski definition) is 0. The van der Waals surface area contributed by atoms with Gasteiger partial charge in [0.1, 0.15) is 0 Å². The van der Waals surface area contributed by atoms with Gasteiger partial charge in [0.2, 0.25) is 0 Å². The van der Waals surface area contributed by atoms with Gasteiger partial charge >= 0.3 is 21.7 Å². The summed E-state index contributed by atoms with van der Waals surface area (Å²) >= 11 is 0. The molecule has 4 rings (SSSR count). The van der Waals surface area contributed by atoms with E-state index >= 15 is 0 Å². The first-order chi connectivity index (χ1) is 12.3. The molecule has 0 heterocycles. The Morgan fingerprint density at radius 3 is 1.24 bits per heavy atom. The standard InChI is InChI=1S/C24H21Si.3ClH.Ti/c1-20-12-11-19-24(20)25(21-13-5-2-6-14-21,22-15-7-3-8-16-22)23-17-9-4-10-18-23;;;;/h2-11,13-18H,19H2,1H3;3*1H;/q-1;;;;+4/p-3. The first-order valence-corrected chi connectivity index (χ1v) is 10.8. The second-order valence-corrected chi connectivity index (χ2v) is 10.3. The first-order valence-electron chi connectivity index (χ1n) is 8.78. The van der Waals surface area contributed by atoms with E-state index in [4.69, 9.17) is 0 Å². The Hall–Kier alpha value is -1.06. The van der Waals surface area contributed by atoms with Crippen LogP contribution in [-0.2, 0) is 21.7 Å². The van der Waals surface area contributed by atoms with Gasteiger partial charge in [0.05, 0.1) is 8.07 Å². The molecule has 0 nitrogen and oxygen atoms in total. The molecule has 0 saturated heterocycles. The van der Waals surface area contributed by atoms with Crippen molar-refractivity contribution in [2.45, 2.75) is 13.3 Å². The van der Waals surface area contributed by atoms with E-state index in [2.05, 4.69) is 110 Å². The fourth-order valence-corrected chi connectivity index (χ4v) is 9.23. The third-order valence-corrected chi connectivity index (χ3v) is 10.2. The molecule has 0 fully saturated rings. The molecular weight excluding hydrogens is 471 g/mol. The van der Waals surface area contributed by atoms with Gasteiger partial charge in [0.15, 0.2) is 0 Å². The molecule has 0 spiro atoms. The molecule has 29 heavy (non-hydrogen) atoms. The van der Waals surface area contributed by atoms with Crippen LogP contribution in [0.2, 0.25) is 0 Å². The van der Waals surface area contributed by atoms with Gasteiger partial charge in [-0.3, -0.25) is 6.08 Å². The van der Waals surface area contributed by atoms with Gasteiger partial charge in [-0.05, 0) is 0 Å². The molecule has 0 radical (unpaired) electrons. The minimum atomic E-state index is -2.27. The summed E-state index contributed by atoms with van der Waals surface area (Å²) in [7, 11) is -2.27. The zero-order chi connectivity index (χ0) is 17.1. The van der Waals surface area contributed by atoms with Crippen molar-refractivity contribution in [2.75, 3.05) is 0 Å². The van der Waals surface area contributed by atoms with E-state index in [9.17, 15) is 0 Å². The fraction of sp³-hybridized carbons (Fsp3) is 0.0833. The zero-order valence-corrected chi connectivity index (χ0v) is 20.9. The summed E-state index contributed by atoms with van der Waals surface area (Å²) < 4.78 is 0. The molecule has 5 heteroatoms. The van der Waals surface area contributed by atoms with E-state index in [1.807, 2.05) is 0 Å². The van der Waals surface area contributed by atoms with Crippen LogP contribution in [0.5, 0.6) is 0 Å². The summed E-state index contributed by atoms with van der Waals surface area (Å²) in [6.45, 7) is 2.22. The van der Waals surface area contributed by atoms with Crippen LogP contribution in [0.1, 0.15) is 13.3 Å². The quantitative estimate of drug-likeness (QED) is 0.195. The largest absolute Gasteiger partial charge is 4.00 e. The topological polar surface area (TPSA) is 0 Å². The van der Waals surface area contributed by atoms with Crippen molar-refractivity contribution in [3.8, 4) is 0 Å². The third-order valence-electron chi connectivity index (χ3n) is 5.15. The Bertz CT molecular complexity index is 829. The van der Waals surface area contributed by atoms with Gasteiger partial charge in [-0.15, -0.1) is 0 Å². The smallest absolute Gasteiger partial charge is 1.00 e. The predicted octanol–water partition coefficient (Wildman–Crippen LogP) is -5.21. The number of rotatable bonds is 4. The van der Waals surface area contributed by atoms with Crippen molar-refractivity contribution in [3.05, 3.63) is 114 Å². The van der Waals surface area contributed by atoms with Crippen LogP contribution in [0.25, 0.3) is 0 Å². The maximum atomic E-state index is 3.47. The Labute approximate surface area is 208 Å². The van der Waals surface area contributed by atoms with Crippen molar-refractivity contribution in [3.63, 3.8) is 0 Å². The number of benzene rings is 3. The molecule has 0 amide bonds. The van der Waals surface area contributed by atoms with Crippen molar-refractivity contribution < 1.29 is 58.9 Å². The van der Waals surface area contributed by atoms with Crippen LogP contribution in [-0.4, -0.2) is 8.07 Å². The first kappa shape index (κ1) is 27.9. The summed E-state index contributed by atoms with van der Waals surface area (Å²) in [6, 6.07) is 33.2. The van der Waals surface area contributed by atoms with E-state index < -0.39 is 8.07 Å². The van der Waals surface area contributed by atoms with E-state index in [1.165, 1.54) is 21.1 Å². The molecule has 1 aliphatic carbocycles. The molecular formula is C24H21Cl3SiTi. The monoisotopic (exact) mass is 490 g/mol. The third kappa shape index (κ3) is 5.17. The Balaban J connectivity index is 0.00000196. The normalized spacial score (nSPS) is 12.2. The molecule has 0 N–H and O–H groups in total. The summed E-state index contributed by atoms with van der Waals surface area (Å²) in [5, 5.41) is 5.88. The average molecular weight is 492 g/mol.